The second-order valence-electron chi connectivity index (χ2n) is 5.74. The number of anilines is 1. The Hall–Kier alpha value is -1.99. The number of rotatable bonds is 2. The van der Waals surface area contributed by atoms with Crippen molar-refractivity contribution in [2.45, 2.75) is 25.7 Å². The maximum absolute atomic E-state index is 12.4. The zero-order chi connectivity index (χ0) is 17.1. The van der Waals surface area contributed by atoms with E-state index in [9.17, 15) is 9.59 Å². The normalized spacial score (nSPS) is 17.6. The summed E-state index contributed by atoms with van der Waals surface area (Å²) in [6, 6.07) is 1.64. The quantitative estimate of drug-likeness (QED) is 0.656. The Kier molecular flexibility index (Phi) is 5.11. The zero-order valence-electron chi connectivity index (χ0n) is 13.2. The minimum absolute atomic E-state index is 0.203. The highest BCUT2D eigenvalue weighted by Crippen LogP contribution is 2.28. The first kappa shape index (κ1) is 16.9. The number of piperidine rings is 1. The molecule has 1 unspecified atom stereocenters. The lowest BCUT2D eigenvalue weighted by molar-refractivity contribution is -0.144. The van der Waals surface area contributed by atoms with Gasteiger partial charge in [0, 0.05) is 30.6 Å². The summed E-state index contributed by atoms with van der Waals surface area (Å²) < 4.78 is 0. The molecule has 0 bridgehead atoms. The first-order valence-electron chi connectivity index (χ1n) is 7.66. The van der Waals surface area contributed by atoms with Gasteiger partial charge in [-0.25, -0.2) is 9.97 Å². The molecule has 2 aromatic heterocycles. The van der Waals surface area contributed by atoms with Gasteiger partial charge in [0.05, 0.1) is 16.9 Å². The van der Waals surface area contributed by atoms with Gasteiger partial charge in [0.1, 0.15) is 5.15 Å². The fourth-order valence-electron chi connectivity index (χ4n) is 2.77. The third kappa shape index (κ3) is 3.73. The molecular weight excluding hydrogens is 348 g/mol. The second-order valence-corrected chi connectivity index (χ2v) is 7.05. The molecule has 2 aromatic rings. The number of thiazole rings is 1. The summed E-state index contributed by atoms with van der Waals surface area (Å²) in [5, 5.41) is 5.92. The smallest absolute Gasteiger partial charge is 0.313 e. The van der Waals surface area contributed by atoms with E-state index >= 15 is 0 Å². The van der Waals surface area contributed by atoms with Crippen LogP contribution in [0.4, 0.5) is 5.69 Å². The number of hydrogen-bond donors (Lipinski definition) is 1. The number of amides is 2. The molecule has 1 aliphatic heterocycles. The summed E-state index contributed by atoms with van der Waals surface area (Å²) in [4.78, 5) is 34.6. The van der Waals surface area contributed by atoms with Crippen molar-refractivity contribution in [1.82, 2.24) is 14.9 Å². The highest BCUT2D eigenvalue weighted by Gasteiger charge is 2.29. The number of nitrogens with one attached hydrogen (secondary N) is 1. The van der Waals surface area contributed by atoms with E-state index in [0.717, 1.165) is 23.4 Å². The van der Waals surface area contributed by atoms with Crippen molar-refractivity contribution < 1.29 is 9.59 Å². The standard InChI is InChI=1S/C16H17ClN4O2S/c1-10-7-13(17)19-8-12(10)20-14(22)16(23)21-5-2-3-11(9-21)15-18-4-6-24-15/h4,6-8,11H,2-3,5,9H2,1H3,(H,20,22). The number of hydrogen-bond acceptors (Lipinski definition) is 5. The van der Waals surface area contributed by atoms with Gasteiger partial charge in [-0.3, -0.25) is 9.59 Å². The van der Waals surface area contributed by atoms with E-state index in [0.29, 0.717) is 23.9 Å². The van der Waals surface area contributed by atoms with Crippen LogP contribution in [0, 0.1) is 6.92 Å². The molecule has 0 saturated carbocycles. The molecule has 2 amide bonds. The van der Waals surface area contributed by atoms with Crippen molar-refractivity contribution in [2.75, 3.05) is 18.4 Å². The van der Waals surface area contributed by atoms with Crippen LogP contribution in [-0.4, -0.2) is 39.8 Å². The molecule has 1 atom stereocenters. The number of halogens is 1. The molecule has 3 heterocycles. The van der Waals surface area contributed by atoms with Crippen molar-refractivity contribution in [3.8, 4) is 0 Å². The van der Waals surface area contributed by atoms with Crippen LogP contribution >= 0.6 is 22.9 Å². The molecule has 0 radical (unpaired) electrons. The average molecular weight is 365 g/mol. The van der Waals surface area contributed by atoms with E-state index in [2.05, 4.69) is 15.3 Å². The van der Waals surface area contributed by atoms with Gasteiger partial charge in [0.25, 0.3) is 0 Å². The molecule has 1 saturated heterocycles. The van der Waals surface area contributed by atoms with E-state index in [1.54, 1.807) is 35.4 Å². The number of likely N-dealkylation sites (tertiary alicyclic amines) is 1. The highest BCUT2D eigenvalue weighted by molar-refractivity contribution is 7.09. The Bertz CT molecular complexity index is 751. The lowest BCUT2D eigenvalue weighted by atomic mass is 9.98. The number of carbonyl (C=O) groups excluding carboxylic acids is 2. The summed E-state index contributed by atoms with van der Waals surface area (Å²) in [6.07, 6.45) is 5.07. The minimum Gasteiger partial charge on any atom is -0.334 e. The molecule has 0 spiro atoms. The fraction of sp³-hybridized carbons (Fsp3) is 0.375. The first-order chi connectivity index (χ1) is 11.5. The van der Waals surface area contributed by atoms with Gasteiger partial charge in [-0.2, -0.15) is 0 Å². The SMILES string of the molecule is Cc1cc(Cl)ncc1NC(=O)C(=O)N1CCCC(c2nccs2)C1. The van der Waals surface area contributed by atoms with E-state index in [1.807, 2.05) is 5.38 Å². The Morgan fingerprint density at radius 2 is 2.25 bits per heavy atom. The Morgan fingerprint density at radius 3 is 2.96 bits per heavy atom. The average Bonchev–Trinajstić information content (AvgIpc) is 3.11. The maximum Gasteiger partial charge on any atom is 0.313 e. The number of pyridine rings is 1. The Balaban J connectivity index is 1.65. The summed E-state index contributed by atoms with van der Waals surface area (Å²) in [5.41, 5.74) is 1.25. The summed E-state index contributed by atoms with van der Waals surface area (Å²) in [7, 11) is 0. The fourth-order valence-corrected chi connectivity index (χ4v) is 3.75. The second kappa shape index (κ2) is 7.27. The van der Waals surface area contributed by atoms with E-state index < -0.39 is 11.8 Å². The van der Waals surface area contributed by atoms with Gasteiger partial charge < -0.3 is 10.2 Å². The lowest BCUT2D eigenvalue weighted by Crippen LogP contribution is -2.44. The Morgan fingerprint density at radius 1 is 1.42 bits per heavy atom. The number of nitrogens with zero attached hydrogens (tertiary/aromatic N) is 3. The molecule has 24 heavy (non-hydrogen) atoms. The molecule has 126 valence electrons. The molecule has 1 aliphatic rings. The highest BCUT2D eigenvalue weighted by atomic mass is 35.5. The van der Waals surface area contributed by atoms with Crippen molar-refractivity contribution in [1.29, 1.82) is 0 Å². The van der Waals surface area contributed by atoms with Crippen LogP contribution in [0.15, 0.2) is 23.8 Å². The number of aromatic nitrogens is 2. The number of carbonyl (C=O) groups is 2. The van der Waals surface area contributed by atoms with Crippen molar-refractivity contribution in [3.05, 3.63) is 39.6 Å². The van der Waals surface area contributed by atoms with E-state index in [1.165, 1.54) is 6.20 Å². The monoisotopic (exact) mass is 364 g/mol. The van der Waals surface area contributed by atoms with Gasteiger partial charge in [0.2, 0.25) is 0 Å². The van der Waals surface area contributed by atoms with Gasteiger partial charge in [0.15, 0.2) is 0 Å². The van der Waals surface area contributed by atoms with Crippen molar-refractivity contribution in [3.63, 3.8) is 0 Å². The van der Waals surface area contributed by atoms with E-state index in [4.69, 9.17) is 11.6 Å². The van der Waals surface area contributed by atoms with Crippen LogP contribution in [-0.2, 0) is 9.59 Å². The molecule has 1 fully saturated rings. The summed E-state index contributed by atoms with van der Waals surface area (Å²) >= 11 is 7.39. The first-order valence-corrected chi connectivity index (χ1v) is 8.92. The van der Waals surface area contributed by atoms with E-state index in [-0.39, 0.29) is 5.92 Å². The third-order valence-electron chi connectivity index (χ3n) is 4.03. The summed E-state index contributed by atoms with van der Waals surface area (Å²) in [5.74, 6) is -0.970. The van der Waals surface area contributed by atoms with Crippen LogP contribution in [0.25, 0.3) is 0 Å². The number of aryl methyl sites for hydroxylation is 1. The van der Waals surface area contributed by atoms with Gasteiger partial charge >= 0.3 is 11.8 Å². The van der Waals surface area contributed by atoms with Crippen LogP contribution in [0.5, 0.6) is 0 Å². The van der Waals surface area contributed by atoms with Gasteiger partial charge in [-0.1, -0.05) is 11.6 Å². The molecule has 8 heteroatoms. The van der Waals surface area contributed by atoms with Gasteiger partial charge in [-0.15, -0.1) is 11.3 Å². The molecule has 3 rings (SSSR count). The molecule has 0 aliphatic carbocycles. The summed E-state index contributed by atoms with van der Waals surface area (Å²) in [6.45, 7) is 2.91. The predicted octanol–water partition coefficient (Wildman–Crippen LogP) is 2.84. The maximum atomic E-state index is 12.4. The lowest BCUT2D eigenvalue weighted by Gasteiger charge is -2.31. The minimum atomic E-state index is -0.651. The topological polar surface area (TPSA) is 75.2 Å². The van der Waals surface area contributed by atoms with Crippen LogP contribution < -0.4 is 5.32 Å². The van der Waals surface area contributed by atoms with Gasteiger partial charge in [-0.05, 0) is 31.4 Å². The third-order valence-corrected chi connectivity index (χ3v) is 5.17. The zero-order valence-corrected chi connectivity index (χ0v) is 14.7. The predicted molar refractivity (Wildman–Crippen MR) is 93.3 cm³/mol. The van der Waals surface area contributed by atoms with Crippen LogP contribution in [0.3, 0.4) is 0 Å². The van der Waals surface area contributed by atoms with Crippen molar-refractivity contribution >= 4 is 40.4 Å². The molecular formula is C16H17ClN4O2S. The van der Waals surface area contributed by atoms with Crippen molar-refractivity contribution in [2.24, 2.45) is 0 Å². The molecule has 6 nitrogen and oxygen atoms in total. The Labute approximate surface area is 148 Å². The van der Waals surface area contributed by atoms with Crippen LogP contribution in [0.1, 0.15) is 29.3 Å². The van der Waals surface area contributed by atoms with Crippen LogP contribution in [0.2, 0.25) is 5.15 Å². The molecule has 1 N–H and O–H groups in total. The molecule has 0 aromatic carbocycles. The largest absolute Gasteiger partial charge is 0.334 e.